The predicted octanol–water partition coefficient (Wildman–Crippen LogP) is 0.404. The van der Waals surface area contributed by atoms with E-state index in [1.807, 2.05) is 0 Å². The number of hydrogen-bond acceptors (Lipinski definition) is 3. The van der Waals surface area contributed by atoms with Gasteiger partial charge in [0.25, 0.3) is 0 Å². The molecule has 1 saturated carbocycles. The summed E-state index contributed by atoms with van der Waals surface area (Å²) in [6, 6.07) is 0. The normalized spacial score (nSPS) is 30.3. The van der Waals surface area contributed by atoms with Crippen LogP contribution in [0, 0.1) is 0 Å². The summed E-state index contributed by atoms with van der Waals surface area (Å²) in [5, 5.41) is 11.9. The quantitative estimate of drug-likeness (QED) is 0.654. The van der Waals surface area contributed by atoms with E-state index in [4.69, 9.17) is 9.84 Å². The molecule has 1 atom stereocenters. The average molecular weight is 208 g/mol. The van der Waals surface area contributed by atoms with Gasteiger partial charge in [-0.25, -0.2) is 4.79 Å². The van der Waals surface area contributed by atoms with Crippen LogP contribution >= 0.6 is 12.4 Å². The summed E-state index contributed by atoms with van der Waals surface area (Å²) in [4.78, 5) is 10.5. The van der Waals surface area contributed by atoms with Gasteiger partial charge in [0.1, 0.15) is 0 Å². The molecule has 0 aromatic heterocycles. The zero-order valence-electron chi connectivity index (χ0n) is 7.28. The van der Waals surface area contributed by atoms with Crippen molar-refractivity contribution in [2.45, 2.75) is 30.9 Å². The van der Waals surface area contributed by atoms with Gasteiger partial charge in [-0.3, -0.25) is 0 Å². The van der Waals surface area contributed by atoms with Gasteiger partial charge in [-0.15, -0.1) is 12.4 Å². The molecule has 76 valence electrons. The lowest BCUT2D eigenvalue weighted by Gasteiger charge is -2.46. The number of ether oxygens (including phenoxy) is 1. The number of carbonyl (C=O) groups is 1. The first kappa shape index (κ1) is 10.8. The molecule has 1 spiro atoms. The molecule has 2 N–H and O–H groups in total. The minimum atomic E-state index is -0.864. The van der Waals surface area contributed by atoms with Gasteiger partial charge in [-0.05, 0) is 19.3 Å². The van der Waals surface area contributed by atoms with Crippen LogP contribution in [0.1, 0.15) is 19.3 Å². The van der Waals surface area contributed by atoms with Crippen molar-refractivity contribution in [1.82, 2.24) is 5.32 Å². The molecule has 0 radical (unpaired) electrons. The molecule has 4 nitrogen and oxygen atoms in total. The zero-order chi connectivity index (χ0) is 8.60. The summed E-state index contributed by atoms with van der Waals surface area (Å²) in [6.45, 7) is 1.01. The smallest absolute Gasteiger partial charge is 0.334 e. The number of rotatable bonds is 1. The van der Waals surface area contributed by atoms with Crippen LogP contribution in [0.15, 0.2) is 0 Å². The SMILES string of the molecule is Cl.O=C(O)C1CNC2(CCC2)CO1. The molecule has 2 aliphatic rings. The second-order valence-electron chi connectivity index (χ2n) is 3.65. The standard InChI is InChI=1S/C8H13NO3.ClH/c10-7(11)6-4-9-8(5-12-6)2-1-3-8;/h6,9H,1-5H2,(H,10,11);1H. The number of nitrogens with one attached hydrogen (secondary N) is 1. The maximum Gasteiger partial charge on any atom is 0.334 e. The molecule has 1 aliphatic heterocycles. The van der Waals surface area contributed by atoms with Crippen LogP contribution in [-0.2, 0) is 9.53 Å². The molecule has 0 aromatic rings. The first-order valence-electron chi connectivity index (χ1n) is 4.31. The second kappa shape index (κ2) is 3.82. The van der Waals surface area contributed by atoms with Gasteiger partial charge in [0.2, 0.25) is 0 Å². The van der Waals surface area contributed by atoms with E-state index < -0.39 is 12.1 Å². The fraction of sp³-hybridized carbons (Fsp3) is 0.875. The summed E-state index contributed by atoms with van der Waals surface area (Å²) in [7, 11) is 0. The number of hydrogen-bond donors (Lipinski definition) is 2. The van der Waals surface area contributed by atoms with Gasteiger partial charge in [0.15, 0.2) is 6.10 Å². The van der Waals surface area contributed by atoms with Gasteiger partial charge in [0, 0.05) is 12.1 Å². The molecule has 1 saturated heterocycles. The van der Waals surface area contributed by atoms with Crippen molar-refractivity contribution in [3.63, 3.8) is 0 Å². The number of carboxylic acids is 1. The molecule has 1 aliphatic carbocycles. The highest BCUT2D eigenvalue weighted by Gasteiger charge is 2.42. The highest BCUT2D eigenvalue weighted by Crippen LogP contribution is 2.33. The van der Waals surface area contributed by atoms with E-state index >= 15 is 0 Å². The average Bonchev–Trinajstić information content (AvgIpc) is 2.02. The Balaban J connectivity index is 0.000000845. The number of morpholine rings is 1. The van der Waals surface area contributed by atoms with E-state index in [0.717, 1.165) is 12.8 Å². The van der Waals surface area contributed by atoms with Gasteiger partial charge < -0.3 is 15.2 Å². The molecule has 2 fully saturated rings. The molecule has 5 heteroatoms. The molecule has 0 aromatic carbocycles. The van der Waals surface area contributed by atoms with Crippen LogP contribution in [0.2, 0.25) is 0 Å². The van der Waals surface area contributed by atoms with E-state index in [2.05, 4.69) is 5.32 Å². The number of carboxylic acid groups (broad SMARTS) is 1. The molecule has 0 bridgehead atoms. The van der Waals surface area contributed by atoms with Crippen molar-refractivity contribution in [3.8, 4) is 0 Å². The summed E-state index contributed by atoms with van der Waals surface area (Å²) < 4.78 is 5.24. The molecular weight excluding hydrogens is 194 g/mol. The van der Waals surface area contributed by atoms with Gasteiger partial charge in [-0.1, -0.05) is 0 Å². The van der Waals surface area contributed by atoms with Crippen LogP contribution in [-0.4, -0.2) is 35.9 Å². The van der Waals surface area contributed by atoms with Crippen LogP contribution in [0.4, 0.5) is 0 Å². The summed E-state index contributed by atoms with van der Waals surface area (Å²) in [6.07, 6.45) is 2.84. The monoisotopic (exact) mass is 207 g/mol. The Hall–Kier alpha value is -0.320. The number of halogens is 1. The first-order chi connectivity index (χ1) is 5.72. The largest absolute Gasteiger partial charge is 0.479 e. The van der Waals surface area contributed by atoms with Crippen LogP contribution in [0.5, 0.6) is 0 Å². The van der Waals surface area contributed by atoms with E-state index in [-0.39, 0.29) is 17.9 Å². The molecular formula is C8H14ClNO3. The van der Waals surface area contributed by atoms with Crippen molar-refractivity contribution in [1.29, 1.82) is 0 Å². The molecule has 1 unspecified atom stereocenters. The van der Waals surface area contributed by atoms with Crippen molar-refractivity contribution >= 4 is 18.4 Å². The Morgan fingerprint density at radius 2 is 2.23 bits per heavy atom. The van der Waals surface area contributed by atoms with Crippen molar-refractivity contribution < 1.29 is 14.6 Å². The van der Waals surface area contributed by atoms with Gasteiger partial charge >= 0.3 is 5.97 Å². The van der Waals surface area contributed by atoms with Crippen molar-refractivity contribution in [2.24, 2.45) is 0 Å². The minimum Gasteiger partial charge on any atom is -0.479 e. The molecule has 13 heavy (non-hydrogen) atoms. The lowest BCUT2D eigenvalue weighted by molar-refractivity contribution is -0.157. The third-order valence-corrected chi connectivity index (χ3v) is 2.81. The van der Waals surface area contributed by atoms with E-state index in [9.17, 15) is 4.79 Å². The minimum absolute atomic E-state index is 0. The van der Waals surface area contributed by atoms with Gasteiger partial charge in [-0.2, -0.15) is 0 Å². The maximum absolute atomic E-state index is 10.5. The third kappa shape index (κ3) is 1.95. The summed E-state index contributed by atoms with van der Waals surface area (Å²) >= 11 is 0. The lowest BCUT2D eigenvalue weighted by atomic mass is 9.76. The number of aliphatic carboxylic acids is 1. The first-order valence-corrected chi connectivity index (χ1v) is 4.31. The lowest BCUT2D eigenvalue weighted by Crippen LogP contribution is -2.62. The van der Waals surface area contributed by atoms with Crippen LogP contribution in [0.3, 0.4) is 0 Å². The molecule has 0 amide bonds. The molecule has 2 rings (SSSR count). The highest BCUT2D eigenvalue weighted by atomic mass is 35.5. The zero-order valence-corrected chi connectivity index (χ0v) is 8.10. The van der Waals surface area contributed by atoms with Crippen molar-refractivity contribution in [2.75, 3.05) is 13.2 Å². The Kier molecular flexibility index (Phi) is 3.16. The van der Waals surface area contributed by atoms with Crippen molar-refractivity contribution in [3.05, 3.63) is 0 Å². The van der Waals surface area contributed by atoms with Gasteiger partial charge in [0.05, 0.1) is 6.61 Å². The highest BCUT2D eigenvalue weighted by molar-refractivity contribution is 5.85. The van der Waals surface area contributed by atoms with Crippen LogP contribution < -0.4 is 5.32 Å². The maximum atomic E-state index is 10.5. The fourth-order valence-electron chi connectivity index (χ4n) is 1.76. The fourth-order valence-corrected chi connectivity index (χ4v) is 1.76. The third-order valence-electron chi connectivity index (χ3n) is 2.81. The van der Waals surface area contributed by atoms with E-state index in [1.165, 1.54) is 6.42 Å². The summed E-state index contributed by atoms with van der Waals surface area (Å²) in [5.74, 6) is -0.864. The van der Waals surface area contributed by atoms with E-state index in [1.54, 1.807) is 0 Å². The second-order valence-corrected chi connectivity index (χ2v) is 3.65. The molecule has 1 heterocycles. The topological polar surface area (TPSA) is 58.6 Å². The van der Waals surface area contributed by atoms with E-state index in [0.29, 0.717) is 13.2 Å². The Morgan fingerprint density at radius 1 is 1.54 bits per heavy atom. The Labute approximate surface area is 83.1 Å². The van der Waals surface area contributed by atoms with Crippen LogP contribution in [0.25, 0.3) is 0 Å². The summed E-state index contributed by atoms with van der Waals surface area (Å²) in [5.41, 5.74) is 0.131. The Bertz CT molecular complexity index is 196. The Morgan fingerprint density at radius 3 is 2.54 bits per heavy atom. The predicted molar refractivity (Wildman–Crippen MR) is 49.2 cm³/mol.